The lowest BCUT2D eigenvalue weighted by molar-refractivity contribution is 0.0752. The van der Waals surface area contributed by atoms with E-state index in [1.54, 1.807) is 37.4 Å². The summed E-state index contributed by atoms with van der Waals surface area (Å²) < 4.78 is 10.6. The third kappa shape index (κ3) is 5.04. The van der Waals surface area contributed by atoms with Gasteiger partial charge in [-0.15, -0.1) is 0 Å². The lowest BCUT2D eigenvalue weighted by Gasteiger charge is -2.21. The number of nitrogens with zero attached hydrogens (tertiary/aromatic N) is 2. The van der Waals surface area contributed by atoms with Gasteiger partial charge < -0.3 is 19.7 Å². The number of carbonyl (C=O) groups is 1. The van der Waals surface area contributed by atoms with E-state index < -0.39 is 0 Å². The van der Waals surface area contributed by atoms with Gasteiger partial charge in [-0.2, -0.15) is 0 Å². The molecule has 6 heteroatoms. The Morgan fingerprint density at radius 1 is 1.03 bits per heavy atom. The second-order valence-electron chi connectivity index (χ2n) is 6.43. The second-order valence-corrected chi connectivity index (χ2v) is 6.43. The highest BCUT2D eigenvalue weighted by atomic mass is 16.5. The van der Waals surface area contributed by atoms with Gasteiger partial charge in [0.1, 0.15) is 17.3 Å². The highest BCUT2D eigenvalue weighted by molar-refractivity contribution is 5.94. The van der Waals surface area contributed by atoms with E-state index in [-0.39, 0.29) is 5.91 Å². The number of hydrogen-bond donors (Lipinski definition) is 1. The first-order chi connectivity index (χ1) is 14.1. The highest BCUT2D eigenvalue weighted by Gasteiger charge is 2.15. The maximum atomic E-state index is 12.9. The zero-order valence-electron chi connectivity index (χ0n) is 16.9. The van der Waals surface area contributed by atoms with Crippen LogP contribution in [0.15, 0.2) is 66.9 Å². The van der Waals surface area contributed by atoms with E-state index in [2.05, 4.69) is 10.3 Å². The van der Waals surface area contributed by atoms with Crippen LogP contribution in [0.4, 0.5) is 11.5 Å². The Balaban J connectivity index is 1.73. The number of aromatic nitrogens is 1. The molecule has 0 saturated heterocycles. The molecule has 0 radical (unpaired) electrons. The van der Waals surface area contributed by atoms with Crippen LogP contribution >= 0.6 is 0 Å². The van der Waals surface area contributed by atoms with Crippen molar-refractivity contribution in [1.29, 1.82) is 0 Å². The van der Waals surface area contributed by atoms with Crippen molar-refractivity contribution in [3.63, 3.8) is 0 Å². The van der Waals surface area contributed by atoms with E-state index in [0.717, 1.165) is 11.3 Å². The van der Waals surface area contributed by atoms with Crippen LogP contribution in [0.2, 0.25) is 0 Å². The van der Waals surface area contributed by atoms with Crippen molar-refractivity contribution in [3.05, 3.63) is 78.0 Å². The molecule has 3 aromatic rings. The lowest BCUT2D eigenvalue weighted by Crippen LogP contribution is -2.30. The fourth-order valence-corrected chi connectivity index (χ4v) is 2.96. The summed E-state index contributed by atoms with van der Waals surface area (Å²) in [6.07, 6.45) is 1.59. The van der Waals surface area contributed by atoms with Gasteiger partial charge in [-0.05, 0) is 36.8 Å². The number of pyridine rings is 1. The number of hydrogen-bond acceptors (Lipinski definition) is 5. The quantitative estimate of drug-likeness (QED) is 0.612. The summed E-state index contributed by atoms with van der Waals surface area (Å²) in [7, 11) is 3.22. The Morgan fingerprint density at radius 3 is 2.45 bits per heavy atom. The predicted octanol–water partition coefficient (Wildman–Crippen LogP) is 4.50. The van der Waals surface area contributed by atoms with E-state index in [1.807, 2.05) is 55.5 Å². The average molecular weight is 391 g/mol. The third-order valence-corrected chi connectivity index (χ3v) is 4.57. The molecule has 1 aromatic heterocycles. The van der Waals surface area contributed by atoms with Gasteiger partial charge in [-0.25, -0.2) is 4.98 Å². The molecule has 0 saturated carbocycles. The van der Waals surface area contributed by atoms with Crippen molar-refractivity contribution >= 4 is 17.4 Å². The first-order valence-corrected chi connectivity index (χ1v) is 9.43. The Kier molecular flexibility index (Phi) is 6.68. The summed E-state index contributed by atoms with van der Waals surface area (Å²) in [5, 5.41) is 3.21. The third-order valence-electron chi connectivity index (χ3n) is 4.57. The van der Waals surface area contributed by atoms with Crippen LogP contribution < -0.4 is 14.8 Å². The second kappa shape index (κ2) is 9.59. The molecule has 150 valence electrons. The molecule has 0 aliphatic heterocycles. The molecule has 0 fully saturated rings. The molecule has 0 aliphatic rings. The Hall–Kier alpha value is -3.54. The van der Waals surface area contributed by atoms with Gasteiger partial charge in [0.25, 0.3) is 5.91 Å². The minimum absolute atomic E-state index is 0.0469. The molecule has 0 spiro atoms. The maximum Gasteiger partial charge on any atom is 0.255 e. The molecule has 0 unspecified atom stereocenters. The van der Waals surface area contributed by atoms with Crippen molar-refractivity contribution in [1.82, 2.24) is 9.88 Å². The predicted molar refractivity (Wildman–Crippen MR) is 114 cm³/mol. The molecule has 0 bridgehead atoms. The zero-order chi connectivity index (χ0) is 20.6. The topological polar surface area (TPSA) is 63.7 Å². The molecule has 29 heavy (non-hydrogen) atoms. The minimum atomic E-state index is -0.0469. The zero-order valence-corrected chi connectivity index (χ0v) is 16.9. The van der Waals surface area contributed by atoms with Gasteiger partial charge in [0, 0.05) is 25.4 Å². The van der Waals surface area contributed by atoms with Crippen LogP contribution in [0.25, 0.3) is 0 Å². The number of methoxy groups -OCH3 is 2. The number of ether oxygens (including phenoxy) is 2. The number of carbonyl (C=O) groups excluding carboxylic acids is 1. The number of nitrogens with one attached hydrogen (secondary N) is 1. The number of anilines is 2. The van der Waals surface area contributed by atoms with Gasteiger partial charge in [0.2, 0.25) is 0 Å². The van der Waals surface area contributed by atoms with Crippen LogP contribution in [0.1, 0.15) is 22.8 Å². The van der Waals surface area contributed by atoms with Crippen LogP contribution in [0, 0.1) is 0 Å². The van der Waals surface area contributed by atoms with Gasteiger partial charge >= 0.3 is 0 Å². The molecule has 0 atom stereocenters. The van der Waals surface area contributed by atoms with Gasteiger partial charge in [-0.1, -0.05) is 30.3 Å². The Labute approximate surface area is 171 Å². The minimum Gasteiger partial charge on any atom is -0.497 e. The van der Waals surface area contributed by atoms with Crippen LogP contribution in [-0.2, 0) is 6.54 Å². The number of benzene rings is 2. The average Bonchev–Trinajstić information content (AvgIpc) is 2.78. The SMILES string of the molecule is CCN(Cc1ccccc1)C(=O)c1ccc(Nc2cc(OC)ccc2OC)nc1. The molecule has 0 aliphatic carbocycles. The Bertz CT molecular complexity index is 943. The molecular weight excluding hydrogens is 366 g/mol. The van der Waals surface area contributed by atoms with Crippen molar-refractivity contribution in [2.24, 2.45) is 0 Å². The van der Waals surface area contributed by atoms with Crippen molar-refractivity contribution in [3.8, 4) is 11.5 Å². The molecule has 3 rings (SSSR count). The van der Waals surface area contributed by atoms with E-state index in [9.17, 15) is 4.79 Å². The van der Waals surface area contributed by atoms with Gasteiger partial charge in [0.05, 0.1) is 25.5 Å². The number of rotatable bonds is 8. The fraction of sp³-hybridized carbons (Fsp3) is 0.217. The van der Waals surface area contributed by atoms with E-state index in [4.69, 9.17) is 9.47 Å². The lowest BCUT2D eigenvalue weighted by atomic mass is 10.2. The monoisotopic (exact) mass is 391 g/mol. The summed E-state index contributed by atoms with van der Waals surface area (Å²) >= 11 is 0. The van der Waals surface area contributed by atoms with E-state index in [1.165, 1.54) is 0 Å². The summed E-state index contributed by atoms with van der Waals surface area (Å²) in [6.45, 7) is 3.16. The largest absolute Gasteiger partial charge is 0.497 e. The first kappa shape index (κ1) is 20.2. The molecule has 1 N–H and O–H groups in total. The molecular formula is C23H25N3O3. The fourth-order valence-electron chi connectivity index (χ4n) is 2.96. The highest BCUT2D eigenvalue weighted by Crippen LogP contribution is 2.31. The summed E-state index contributed by atoms with van der Waals surface area (Å²) in [6, 6.07) is 19.0. The normalized spacial score (nSPS) is 10.3. The van der Waals surface area contributed by atoms with Gasteiger partial charge in [-0.3, -0.25) is 4.79 Å². The van der Waals surface area contributed by atoms with Crippen LogP contribution in [-0.4, -0.2) is 36.6 Å². The Morgan fingerprint density at radius 2 is 1.83 bits per heavy atom. The molecule has 1 heterocycles. The van der Waals surface area contributed by atoms with E-state index >= 15 is 0 Å². The number of amides is 1. The summed E-state index contributed by atoms with van der Waals surface area (Å²) in [4.78, 5) is 19.1. The van der Waals surface area contributed by atoms with Crippen molar-refractivity contribution < 1.29 is 14.3 Å². The van der Waals surface area contributed by atoms with Crippen LogP contribution in [0.3, 0.4) is 0 Å². The van der Waals surface area contributed by atoms with Crippen molar-refractivity contribution in [2.75, 3.05) is 26.1 Å². The summed E-state index contributed by atoms with van der Waals surface area (Å²) in [5.74, 6) is 1.95. The van der Waals surface area contributed by atoms with Crippen molar-refractivity contribution in [2.45, 2.75) is 13.5 Å². The molecule has 2 aromatic carbocycles. The smallest absolute Gasteiger partial charge is 0.255 e. The van der Waals surface area contributed by atoms with Gasteiger partial charge in [0.15, 0.2) is 0 Å². The first-order valence-electron chi connectivity index (χ1n) is 9.43. The van der Waals surface area contributed by atoms with E-state index in [0.29, 0.717) is 36.0 Å². The molecule has 1 amide bonds. The molecule has 6 nitrogen and oxygen atoms in total. The van der Waals surface area contributed by atoms with Crippen LogP contribution in [0.5, 0.6) is 11.5 Å². The summed E-state index contributed by atoms with van der Waals surface area (Å²) in [5.41, 5.74) is 2.38. The maximum absolute atomic E-state index is 12.9. The standard InChI is InChI=1S/C23H25N3O3/c1-4-26(16-17-8-6-5-7-9-17)23(27)18-10-13-22(24-15-18)25-20-14-19(28-2)11-12-21(20)29-3/h5-15H,4,16H2,1-3H3,(H,24,25).